The Kier molecular flexibility index (Phi) is 10.5. The van der Waals surface area contributed by atoms with Crippen LogP contribution in [0.15, 0.2) is 48.5 Å². The zero-order valence-electron chi connectivity index (χ0n) is 22.8. The Morgan fingerprint density at radius 2 is 1.66 bits per heavy atom. The van der Waals surface area contributed by atoms with Gasteiger partial charge in [0, 0.05) is 41.6 Å². The average Bonchev–Trinajstić information content (AvgIpc) is 3.29. The summed E-state index contributed by atoms with van der Waals surface area (Å²) in [5.41, 5.74) is 2.32. The van der Waals surface area contributed by atoms with Crippen molar-refractivity contribution < 1.29 is 44.5 Å². The molecule has 2 aromatic carbocycles. The summed E-state index contributed by atoms with van der Waals surface area (Å²) in [4.78, 5) is 26.0. The second-order valence-corrected chi connectivity index (χ2v) is 10.0. The molecule has 0 saturated heterocycles. The minimum Gasteiger partial charge on any atom is -1.00 e. The normalized spacial score (nSPS) is 21.6. The number of esters is 1. The van der Waals surface area contributed by atoms with E-state index in [2.05, 4.69) is 24.4 Å². The molecule has 4 rings (SSSR count). The Morgan fingerprint density at radius 1 is 1.09 bits per heavy atom. The molecule has 1 amide bonds. The molecule has 2 atom stereocenters. The standard InChI is InChI=1S/C16H21NO4.C10H13NO.Al.Li.H/c1-15(2,3)21-14(19)17-10-16(4,13(18)20-5)11-8-6-7-9-12(11)17;1-10(7-12)6-11-9-5-3-2-4-8(9)10;;;/h6-9H,10H2,1-5H3;2-5,11-12H,6-7H2,1H3;;;/q;;;+1;-1. The molecule has 0 saturated carbocycles. The van der Waals surface area contributed by atoms with E-state index in [1.165, 1.54) is 17.6 Å². The first kappa shape index (κ1) is 31.1. The van der Waals surface area contributed by atoms with Crippen LogP contribution in [0.25, 0.3) is 0 Å². The van der Waals surface area contributed by atoms with Crippen molar-refractivity contribution >= 4 is 40.8 Å². The third kappa shape index (κ3) is 6.45. The number of amides is 1. The molecule has 2 unspecified atom stereocenters. The van der Waals surface area contributed by atoms with Crippen LogP contribution in [-0.2, 0) is 25.1 Å². The van der Waals surface area contributed by atoms with E-state index in [9.17, 15) is 14.7 Å². The molecule has 3 radical (unpaired) electrons. The predicted octanol–water partition coefficient (Wildman–Crippen LogP) is 0.970. The minimum absolute atomic E-state index is 0. The van der Waals surface area contributed by atoms with Crippen LogP contribution in [0.1, 0.15) is 47.2 Å². The summed E-state index contributed by atoms with van der Waals surface area (Å²) in [6.07, 6.45) is -0.456. The molecular formula is C26H35AlLiN2O5. The van der Waals surface area contributed by atoms with Gasteiger partial charge >= 0.3 is 30.9 Å². The number of carbonyl (C=O) groups is 2. The van der Waals surface area contributed by atoms with Crippen molar-refractivity contribution in [1.82, 2.24) is 0 Å². The fraction of sp³-hybridized carbons (Fsp3) is 0.462. The maximum atomic E-state index is 12.4. The van der Waals surface area contributed by atoms with E-state index in [-0.39, 0.29) is 62.2 Å². The molecule has 7 nitrogen and oxygen atoms in total. The number of methoxy groups -OCH3 is 1. The van der Waals surface area contributed by atoms with E-state index in [4.69, 9.17) is 9.47 Å². The number of carbonyl (C=O) groups excluding carboxylic acids is 2. The first-order valence-corrected chi connectivity index (χ1v) is 11.1. The monoisotopic (exact) mass is 489 g/mol. The van der Waals surface area contributed by atoms with Gasteiger partial charge in [-0.15, -0.1) is 0 Å². The second kappa shape index (κ2) is 11.9. The molecule has 35 heavy (non-hydrogen) atoms. The van der Waals surface area contributed by atoms with Crippen LogP contribution >= 0.6 is 0 Å². The zero-order valence-corrected chi connectivity index (χ0v) is 23.0. The Hall–Kier alpha value is -1.93. The number of benzene rings is 2. The number of aliphatic hydroxyl groups is 1. The summed E-state index contributed by atoms with van der Waals surface area (Å²) >= 11 is 0. The molecule has 0 bridgehead atoms. The van der Waals surface area contributed by atoms with Crippen LogP contribution in [0.3, 0.4) is 0 Å². The number of fused-ring (bicyclic) bond motifs is 2. The van der Waals surface area contributed by atoms with Gasteiger partial charge in [0.15, 0.2) is 0 Å². The number of hydrogen-bond acceptors (Lipinski definition) is 6. The van der Waals surface area contributed by atoms with Crippen LogP contribution in [0.2, 0.25) is 0 Å². The Morgan fingerprint density at radius 3 is 2.23 bits per heavy atom. The van der Waals surface area contributed by atoms with E-state index in [1.54, 1.807) is 6.92 Å². The van der Waals surface area contributed by atoms with Gasteiger partial charge < -0.3 is 21.3 Å². The van der Waals surface area contributed by atoms with Crippen LogP contribution in [-0.4, -0.2) is 66.9 Å². The molecule has 0 aliphatic carbocycles. The number of ether oxygens (including phenoxy) is 2. The van der Waals surface area contributed by atoms with Gasteiger partial charge in [-0.1, -0.05) is 43.3 Å². The van der Waals surface area contributed by atoms with Gasteiger partial charge in [-0.3, -0.25) is 9.69 Å². The quantitative estimate of drug-likeness (QED) is 0.483. The van der Waals surface area contributed by atoms with Crippen LogP contribution in [0.4, 0.5) is 16.2 Å². The molecule has 2 aromatic rings. The fourth-order valence-corrected chi connectivity index (χ4v) is 4.23. The van der Waals surface area contributed by atoms with Gasteiger partial charge in [-0.2, -0.15) is 0 Å². The van der Waals surface area contributed by atoms with Crippen molar-refractivity contribution in [3.63, 3.8) is 0 Å². The van der Waals surface area contributed by atoms with Crippen LogP contribution in [0.5, 0.6) is 0 Å². The summed E-state index contributed by atoms with van der Waals surface area (Å²) < 4.78 is 10.3. The molecule has 183 valence electrons. The number of para-hydroxylation sites is 2. The van der Waals surface area contributed by atoms with E-state index in [0.717, 1.165) is 17.8 Å². The van der Waals surface area contributed by atoms with E-state index in [1.807, 2.05) is 57.2 Å². The molecular weight excluding hydrogens is 454 g/mol. The summed E-state index contributed by atoms with van der Waals surface area (Å²) in [6, 6.07) is 15.5. The van der Waals surface area contributed by atoms with Crippen LogP contribution < -0.4 is 29.1 Å². The maximum absolute atomic E-state index is 12.4. The summed E-state index contributed by atoms with van der Waals surface area (Å²) in [5.74, 6) is -0.360. The van der Waals surface area contributed by atoms with E-state index >= 15 is 0 Å². The van der Waals surface area contributed by atoms with Crippen molar-refractivity contribution in [3.8, 4) is 0 Å². The van der Waals surface area contributed by atoms with Gasteiger partial charge in [0.05, 0.1) is 19.4 Å². The number of nitrogens with zero attached hydrogens (tertiary/aromatic N) is 1. The number of rotatable bonds is 2. The van der Waals surface area contributed by atoms with Gasteiger partial charge in [0.1, 0.15) is 11.0 Å². The molecule has 2 N–H and O–H groups in total. The van der Waals surface area contributed by atoms with Crippen molar-refractivity contribution in [2.24, 2.45) is 0 Å². The predicted molar refractivity (Wildman–Crippen MR) is 136 cm³/mol. The third-order valence-electron chi connectivity index (χ3n) is 6.11. The van der Waals surface area contributed by atoms with E-state index in [0.29, 0.717) is 5.69 Å². The Labute approximate surface area is 232 Å². The van der Waals surface area contributed by atoms with Crippen LogP contribution in [0, 0.1) is 0 Å². The summed E-state index contributed by atoms with van der Waals surface area (Å²) in [6.45, 7) is 10.5. The first-order chi connectivity index (χ1) is 15.4. The van der Waals surface area contributed by atoms with Gasteiger partial charge in [0.2, 0.25) is 0 Å². The topological polar surface area (TPSA) is 88.1 Å². The van der Waals surface area contributed by atoms with Gasteiger partial charge in [-0.05, 0) is 51.0 Å². The molecule has 0 spiro atoms. The van der Waals surface area contributed by atoms with Gasteiger partial charge in [-0.25, -0.2) is 4.79 Å². The Balaban J connectivity index is 0.000000703. The van der Waals surface area contributed by atoms with Crippen molar-refractivity contribution in [2.75, 3.05) is 37.0 Å². The SMILES string of the molecule is CC1(CO)CNc2ccccc21.COC(=O)C1(C)CN(C(=O)OC(C)(C)C)c2ccccc21.[Al].[H-].[Li+]. The number of aliphatic hydroxyl groups excluding tert-OH is 1. The van der Waals surface area contributed by atoms with Crippen molar-refractivity contribution in [3.05, 3.63) is 59.7 Å². The number of nitrogens with one attached hydrogen (secondary N) is 1. The smallest absolute Gasteiger partial charge is 1.00 e. The number of hydrogen-bond donors (Lipinski definition) is 2. The molecule has 9 heteroatoms. The minimum atomic E-state index is -0.873. The molecule has 2 heterocycles. The van der Waals surface area contributed by atoms with Crippen molar-refractivity contribution in [2.45, 2.75) is 51.0 Å². The molecule has 2 aliphatic heterocycles. The van der Waals surface area contributed by atoms with E-state index < -0.39 is 17.1 Å². The molecule has 0 fully saturated rings. The number of anilines is 2. The molecule has 0 aromatic heterocycles. The zero-order chi connectivity index (χ0) is 24.4. The Bertz CT molecular complexity index is 1050. The fourth-order valence-electron chi connectivity index (χ4n) is 4.23. The maximum Gasteiger partial charge on any atom is 1.00 e. The third-order valence-corrected chi connectivity index (χ3v) is 6.11. The summed E-state index contributed by atoms with van der Waals surface area (Å²) in [5, 5.41) is 12.5. The van der Waals surface area contributed by atoms with Crippen molar-refractivity contribution in [1.29, 1.82) is 0 Å². The second-order valence-electron chi connectivity index (χ2n) is 10.0. The first-order valence-electron chi connectivity index (χ1n) is 11.1. The average molecular weight is 489 g/mol. The summed E-state index contributed by atoms with van der Waals surface area (Å²) in [7, 11) is 1.35. The molecule has 2 aliphatic rings. The van der Waals surface area contributed by atoms with Gasteiger partial charge in [0.25, 0.3) is 0 Å². The largest absolute Gasteiger partial charge is 1.00 e.